The molecule has 0 spiro atoms. The van der Waals surface area contributed by atoms with Crippen LogP contribution in [-0.4, -0.2) is 41.2 Å². The van der Waals surface area contributed by atoms with E-state index in [9.17, 15) is 4.79 Å². The first kappa shape index (κ1) is 16.8. The number of benzene rings is 1. The standard InChI is InChI=1S/C18H16Cl2N6O/c1-10-2-5-16(27)24(10)8-15-22-18-12-6-11(19)3-4-13(12)25-9-21-17(20)14(25)7-26(18)23-15/h3-4,6,9-10H,2,5,7-8H2,1H3. The number of carbonyl (C=O) groups excluding carboxylic acids is 1. The number of carbonyl (C=O) groups is 1. The number of imidazole rings is 1. The number of hydrogen-bond donors (Lipinski definition) is 0. The number of amides is 1. The van der Waals surface area contributed by atoms with Crippen molar-refractivity contribution in [2.24, 2.45) is 0 Å². The van der Waals surface area contributed by atoms with E-state index in [-0.39, 0.29) is 11.9 Å². The Morgan fingerprint density at radius 3 is 2.93 bits per heavy atom. The van der Waals surface area contributed by atoms with Crippen molar-refractivity contribution in [3.63, 3.8) is 0 Å². The molecule has 0 radical (unpaired) electrons. The maximum Gasteiger partial charge on any atom is 0.223 e. The lowest BCUT2D eigenvalue weighted by molar-refractivity contribution is -0.129. The average molecular weight is 403 g/mol. The van der Waals surface area contributed by atoms with Gasteiger partial charge in [0.1, 0.15) is 6.33 Å². The van der Waals surface area contributed by atoms with Crippen LogP contribution in [0.15, 0.2) is 24.5 Å². The van der Waals surface area contributed by atoms with Gasteiger partial charge in [0.15, 0.2) is 16.8 Å². The Labute approximate surface area is 165 Å². The number of rotatable bonds is 2. The van der Waals surface area contributed by atoms with Gasteiger partial charge in [0, 0.05) is 23.0 Å². The van der Waals surface area contributed by atoms with E-state index in [1.165, 1.54) is 0 Å². The summed E-state index contributed by atoms with van der Waals surface area (Å²) in [6, 6.07) is 5.83. The summed E-state index contributed by atoms with van der Waals surface area (Å²) in [5.74, 6) is 1.47. The smallest absolute Gasteiger partial charge is 0.223 e. The molecule has 0 aliphatic carbocycles. The predicted octanol–water partition coefficient (Wildman–Crippen LogP) is 3.31. The summed E-state index contributed by atoms with van der Waals surface area (Å²) in [5, 5.41) is 5.71. The van der Waals surface area contributed by atoms with Crippen LogP contribution in [0, 0.1) is 0 Å². The van der Waals surface area contributed by atoms with Crippen LogP contribution < -0.4 is 0 Å². The minimum absolute atomic E-state index is 0.150. The Morgan fingerprint density at radius 1 is 1.30 bits per heavy atom. The van der Waals surface area contributed by atoms with Crippen LogP contribution in [0.1, 0.15) is 31.3 Å². The minimum Gasteiger partial charge on any atom is -0.332 e. The van der Waals surface area contributed by atoms with Crippen molar-refractivity contribution in [2.45, 2.75) is 38.9 Å². The summed E-state index contributed by atoms with van der Waals surface area (Å²) in [7, 11) is 0. The molecule has 0 N–H and O–H groups in total. The lowest BCUT2D eigenvalue weighted by atomic mass is 10.1. The molecule has 3 aromatic rings. The quantitative estimate of drug-likeness (QED) is 0.515. The number of hydrogen-bond acceptors (Lipinski definition) is 4. The molecule has 1 saturated heterocycles. The van der Waals surface area contributed by atoms with Crippen molar-refractivity contribution < 1.29 is 4.79 Å². The molecule has 1 fully saturated rings. The first-order valence-electron chi connectivity index (χ1n) is 8.76. The Balaban J connectivity index is 1.63. The number of halogens is 2. The Morgan fingerprint density at radius 2 is 2.15 bits per heavy atom. The van der Waals surface area contributed by atoms with Crippen LogP contribution in [0.4, 0.5) is 0 Å². The molecular weight excluding hydrogens is 387 g/mol. The number of nitrogens with zero attached hydrogens (tertiary/aromatic N) is 6. The van der Waals surface area contributed by atoms with Gasteiger partial charge in [-0.3, -0.25) is 9.36 Å². The third-order valence-corrected chi connectivity index (χ3v) is 5.78. The lowest BCUT2D eigenvalue weighted by Gasteiger charge is -2.19. The molecule has 7 nitrogen and oxygen atoms in total. The van der Waals surface area contributed by atoms with Crippen molar-refractivity contribution in [3.05, 3.63) is 46.2 Å². The number of fused-ring (bicyclic) bond motifs is 5. The molecule has 27 heavy (non-hydrogen) atoms. The fraction of sp³-hybridized carbons (Fsp3) is 0.333. The maximum absolute atomic E-state index is 12.1. The SMILES string of the molecule is CC1CCC(=O)N1Cc1nc2n(n1)Cc1c(Cl)ncn1-c1ccc(Cl)cc1-2. The van der Waals surface area contributed by atoms with Gasteiger partial charge in [-0.1, -0.05) is 23.2 Å². The zero-order valence-electron chi connectivity index (χ0n) is 14.6. The van der Waals surface area contributed by atoms with E-state index in [0.29, 0.717) is 41.3 Å². The predicted molar refractivity (Wildman–Crippen MR) is 101 cm³/mol. The first-order chi connectivity index (χ1) is 13.0. The van der Waals surface area contributed by atoms with Gasteiger partial charge < -0.3 is 4.90 Å². The molecule has 0 bridgehead atoms. The van der Waals surface area contributed by atoms with Crippen LogP contribution in [-0.2, 0) is 17.9 Å². The highest BCUT2D eigenvalue weighted by molar-refractivity contribution is 6.31. The molecule has 9 heteroatoms. The molecule has 1 unspecified atom stereocenters. The second-order valence-electron chi connectivity index (χ2n) is 6.93. The van der Waals surface area contributed by atoms with Crippen molar-refractivity contribution in [1.29, 1.82) is 0 Å². The summed E-state index contributed by atoms with van der Waals surface area (Å²) >= 11 is 12.6. The zero-order valence-corrected chi connectivity index (χ0v) is 16.1. The zero-order chi connectivity index (χ0) is 18.7. The molecule has 0 saturated carbocycles. The Hall–Kier alpha value is -2.38. The Kier molecular flexibility index (Phi) is 3.77. The van der Waals surface area contributed by atoms with E-state index in [2.05, 4.69) is 17.0 Å². The van der Waals surface area contributed by atoms with Gasteiger partial charge in [0.25, 0.3) is 0 Å². The molecule has 1 atom stereocenters. The third kappa shape index (κ3) is 2.64. The van der Waals surface area contributed by atoms with Crippen molar-refractivity contribution in [2.75, 3.05) is 0 Å². The van der Waals surface area contributed by atoms with Crippen LogP contribution in [0.3, 0.4) is 0 Å². The van der Waals surface area contributed by atoms with Crippen LogP contribution >= 0.6 is 23.2 Å². The summed E-state index contributed by atoms with van der Waals surface area (Å²) in [6.07, 6.45) is 3.16. The van der Waals surface area contributed by atoms with E-state index in [1.54, 1.807) is 6.33 Å². The maximum atomic E-state index is 12.1. The fourth-order valence-electron chi connectivity index (χ4n) is 3.78. The highest BCUT2D eigenvalue weighted by Crippen LogP contribution is 2.34. The third-order valence-electron chi connectivity index (χ3n) is 5.23. The summed E-state index contributed by atoms with van der Waals surface area (Å²) in [5.41, 5.74) is 2.59. The van der Waals surface area contributed by atoms with E-state index < -0.39 is 0 Å². The molecule has 5 rings (SSSR count). The highest BCUT2D eigenvalue weighted by atomic mass is 35.5. The molecule has 138 valence electrons. The second-order valence-corrected chi connectivity index (χ2v) is 7.73. The number of aromatic nitrogens is 5. The monoisotopic (exact) mass is 402 g/mol. The topological polar surface area (TPSA) is 68.8 Å². The van der Waals surface area contributed by atoms with Gasteiger partial charge >= 0.3 is 0 Å². The van der Waals surface area contributed by atoms with E-state index in [4.69, 9.17) is 28.2 Å². The van der Waals surface area contributed by atoms with Gasteiger partial charge in [0.05, 0.1) is 24.5 Å². The molecule has 2 aliphatic heterocycles. The molecule has 2 aromatic heterocycles. The minimum atomic E-state index is 0.150. The summed E-state index contributed by atoms with van der Waals surface area (Å²) in [6.45, 7) is 2.90. The van der Waals surface area contributed by atoms with Gasteiger partial charge in [0.2, 0.25) is 5.91 Å². The lowest BCUT2D eigenvalue weighted by Crippen LogP contribution is -2.30. The molecule has 4 heterocycles. The van der Waals surface area contributed by atoms with E-state index in [0.717, 1.165) is 23.4 Å². The first-order valence-corrected chi connectivity index (χ1v) is 9.52. The van der Waals surface area contributed by atoms with Gasteiger partial charge in [-0.15, -0.1) is 0 Å². The average Bonchev–Trinajstić information content (AvgIpc) is 3.28. The molecule has 1 aromatic carbocycles. The second kappa shape index (κ2) is 6.07. The van der Waals surface area contributed by atoms with E-state index >= 15 is 0 Å². The van der Waals surface area contributed by atoms with Gasteiger partial charge in [-0.25, -0.2) is 14.6 Å². The molecular formula is C18H16Cl2N6O. The molecule has 1 amide bonds. The Bertz CT molecular complexity index is 1070. The van der Waals surface area contributed by atoms with Crippen molar-refractivity contribution in [3.8, 4) is 17.1 Å². The van der Waals surface area contributed by atoms with E-state index in [1.807, 2.05) is 32.3 Å². The largest absolute Gasteiger partial charge is 0.332 e. The van der Waals surface area contributed by atoms with Crippen molar-refractivity contribution in [1.82, 2.24) is 29.2 Å². The van der Waals surface area contributed by atoms with Gasteiger partial charge in [-0.05, 0) is 31.5 Å². The number of likely N-dealkylation sites (tertiary alicyclic amines) is 1. The highest BCUT2D eigenvalue weighted by Gasteiger charge is 2.30. The van der Waals surface area contributed by atoms with Crippen LogP contribution in [0.25, 0.3) is 17.1 Å². The molecule has 2 aliphatic rings. The summed E-state index contributed by atoms with van der Waals surface area (Å²) < 4.78 is 3.75. The fourth-order valence-corrected chi connectivity index (χ4v) is 4.15. The van der Waals surface area contributed by atoms with Crippen molar-refractivity contribution >= 4 is 29.1 Å². The normalized spacial score (nSPS) is 18.3. The van der Waals surface area contributed by atoms with Crippen LogP contribution in [0.2, 0.25) is 10.2 Å². The van der Waals surface area contributed by atoms with Gasteiger partial charge in [-0.2, -0.15) is 5.10 Å². The summed E-state index contributed by atoms with van der Waals surface area (Å²) in [4.78, 5) is 22.9. The van der Waals surface area contributed by atoms with Crippen LogP contribution in [0.5, 0.6) is 0 Å².